The number of aryl methyl sites for hydroxylation is 2. The minimum Gasteiger partial charge on any atom is -0.359 e. The van der Waals surface area contributed by atoms with Crippen LogP contribution in [0.1, 0.15) is 38.1 Å². The predicted molar refractivity (Wildman–Crippen MR) is 69.4 cm³/mol. The number of piperidine rings is 1. The molecule has 0 spiro atoms. The highest BCUT2D eigenvalue weighted by Crippen LogP contribution is 2.23. The van der Waals surface area contributed by atoms with Gasteiger partial charge in [-0.1, -0.05) is 12.1 Å². The van der Waals surface area contributed by atoms with Gasteiger partial charge in [0.15, 0.2) is 5.76 Å². The second kappa shape index (κ2) is 5.52. The zero-order valence-corrected chi connectivity index (χ0v) is 11.2. The molecular weight excluding hydrogens is 230 g/mol. The number of rotatable bonds is 3. The van der Waals surface area contributed by atoms with Crippen LogP contribution >= 0.6 is 0 Å². The predicted octanol–water partition coefficient (Wildman–Crippen LogP) is 1.87. The van der Waals surface area contributed by atoms with Crippen molar-refractivity contribution in [2.45, 2.75) is 46.1 Å². The van der Waals surface area contributed by atoms with Gasteiger partial charge in [0.2, 0.25) is 5.91 Å². The Morgan fingerprint density at radius 1 is 1.61 bits per heavy atom. The van der Waals surface area contributed by atoms with E-state index < -0.39 is 0 Å². The van der Waals surface area contributed by atoms with Crippen molar-refractivity contribution in [3.63, 3.8) is 0 Å². The summed E-state index contributed by atoms with van der Waals surface area (Å²) in [5.41, 5.74) is 1.58. The lowest BCUT2D eigenvalue weighted by atomic mass is 9.92. The Morgan fingerprint density at radius 3 is 3.06 bits per heavy atom. The van der Waals surface area contributed by atoms with Crippen LogP contribution in [0.4, 0.5) is 5.69 Å². The van der Waals surface area contributed by atoms with E-state index in [1.807, 2.05) is 13.8 Å². The van der Waals surface area contributed by atoms with E-state index in [-0.39, 0.29) is 11.8 Å². The van der Waals surface area contributed by atoms with Gasteiger partial charge in [0.1, 0.15) is 11.4 Å². The molecule has 2 atom stereocenters. The van der Waals surface area contributed by atoms with Crippen molar-refractivity contribution >= 4 is 11.6 Å². The van der Waals surface area contributed by atoms with Crippen LogP contribution in [-0.4, -0.2) is 23.7 Å². The van der Waals surface area contributed by atoms with Crippen molar-refractivity contribution in [3.05, 3.63) is 11.5 Å². The van der Waals surface area contributed by atoms with Gasteiger partial charge in [0.25, 0.3) is 0 Å². The summed E-state index contributed by atoms with van der Waals surface area (Å²) in [6, 6.07) is 0.406. The maximum Gasteiger partial charge on any atom is 0.227 e. The number of amides is 1. The molecule has 1 aliphatic heterocycles. The Balaban J connectivity index is 2.04. The molecule has 2 rings (SSSR count). The van der Waals surface area contributed by atoms with E-state index in [0.717, 1.165) is 37.2 Å². The zero-order valence-electron chi connectivity index (χ0n) is 11.2. The number of carbonyl (C=O) groups excluding carboxylic acids is 1. The lowest BCUT2D eigenvalue weighted by molar-refractivity contribution is -0.120. The maximum atomic E-state index is 12.2. The smallest absolute Gasteiger partial charge is 0.227 e. The third-order valence-electron chi connectivity index (χ3n) is 3.51. The molecule has 0 bridgehead atoms. The lowest BCUT2D eigenvalue weighted by Gasteiger charge is -2.27. The molecule has 100 valence electrons. The summed E-state index contributed by atoms with van der Waals surface area (Å²) in [6.07, 6.45) is 2.54. The molecule has 0 aliphatic carbocycles. The fraction of sp³-hybridized carbons (Fsp3) is 0.692. The molecule has 2 N–H and O–H groups in total. The second-order valence-electron chi connectivity index (χ2n) is 4.98. The Morgan fingerprint density at radius 2 is 2.39 bits per heavy atom. The van der Waals surface area contributed by atoms with E-state index in [1.165, 1.54) is 0 Å². The summed E-state index contributed by atoms with van der Waals surface area (Å²) < 4.78 is 5.12. The summed E-state index contributed by atoms with van der Waals surface area (Å²) >= 11 is 0. The number of aromatic nitrogens is 1. The van der Waals surface area contributed by atoms with Crippen molar-refractivity contribution in [1.82, 2.24) is 10.5 Å². The van der Waals surface area contributed by atoms with Crippen molar-refractivity contribution in [1.29, 1.82) is 0 Å². The molecule has 1 aliphatic rings. The van der Waals surface area contributed by atoms with Gasteiger partial charge < -0.3 is 15.2 Å². The van der Waals surface area contributed by atoms with Crippen molar-refractivity contribution < 1.29 is 9.32 Å². The second-order valence-corrected chi connectivity index (χ2v) is 4.98. The molecule has 1 aromatic heterocycles. The van der Waals surface area contributed by atoms with Gasteiger partial charge in [0, 0.05) is 12.0 Å². The number of carbonyl (C=O) groups is 1. The van der Waals surface area contributed by atoms with Gasteiger partial charge in [0.05, 0.1) is 0 Å². The number of anilines is 1. The van der Waals surface area contributed by atoms with Gasteiger partial charge in [-0.3, -0.25) is 4.79 Å². The van der Waals surface area contributed by atoms with Gasteiger partial charge in [-0.05, 0) is 39.7 Å². The average Bonchev–Trinajstić information content (AvgIpc) is 2.70. The van der Waals surface area contributed by atoms with Crippen molar-refractivity contribution in [2.75, 3.05) is 11.9 Å². The third-order valence-corrected chi connectivity index (χ3v) is 3.51. The molecule has 2 heterocycles. The van der Waals surface area contributed by atoms with Crippen molar-refractivity contribution in [3.8, 4) is 0 Å². The molecular formula is C13H21N3O2. The van der Waals surface area contributed by atoms with Crippen molar-refractivity contribution in [2.24, 2.45) is 5.92 Å². The molecule has 1 fully saturated rings. The fourth-order valence-corrected chi connectivity index (χ4v) is 2.41. The van der Waals surface area contributed by atoms with Crippen LogP contribution in [0.2, 0.25) is 0 Å². The average molecular weight is 251 g/mol. The molecule has 5 heteroatoms. The maximum absolute atomic E-state index is 12.2. The van der Waals surface area contributed by atoms with E-state index in [9.17, 15) is 4.79 Å². The molecule has 0 aromatic carbocycles. The van der Waals surface area contributed by atoms with Crippen LogP contribution in [0.25, 0.3) is 0 Å². The normalized spacial score (nSPS) is 23.9. The van der Waals surface area contributed by atoms with Gasteiger partial charge in [-0.2, -0.15) is 0 Å². The minimum absolute atomic E-state index is 0.0836. The largest absolute Gasteiger partial charge is 0.359 e. The first kappa shape index (κ1) is 13.1. The highest BCUT2D eigenvalue weighted by molar-refractivity contribution is 5.93. The first-order valence-corrected chi connectivity index (χ1v) is 6.61. The quantitative estimate of drug-likeness (QED) is 0.860. The molecule has 0 saturated carbocycles. The standard InChI is InChI=1S/C13H21N3O2/c1-4-11-12(9(3)18-16-11)15-13(17)10-5-6-14-8(2)7-10/h8,10,14H,4-7H2,1-3H3,(H,15,17)/t8-,10-/m0/s1. The molecule has 5 nitrogen and oxygen atoms in total. The van der Waals surface area contributed by atoms with E-state index in [0.29, 0.717) is 11.8 Å². The molecule has 0 radical (unpaired) electrons. The monoisotopic (exact) mass is 251 g/mol. The van der Waals surface area contributed by atoms with Gasteiger partial charge in [-0.15, -0.1) is 0 Å². The minimum atomic E-state index is 0.0836. The molecule has 0 unspecified atom stereocenters. The first-order chi connectivity index (χ1) is 8.61. The Hall–Kier alpha value is -1.36. The zero-order chi connectivity index (χ0) is 13.1. The molecule has 1 saturated heterocycles. The Kier molecular flexibility index (Phi) is 4.01. The van der Waals surface area contributed by atoms with Crippen LogP contribution in [0, 0.1) is 12.8 Å². The SMILES string of the molecule is CCc1noc(C)c1NC(=O)[C@H]1CCN[C@@H](C)C1. The summed E-state index contributed by atoms with van der Waals surface area (Å²) in [5, 5.41) is 10.3. The highest BCUT2D eigenvalue weighted by atomic mass is 16.5. The lowest BCUT2D eigenvalue weighted by Crippen LogP contribution is -2.40. The fourth-order valence-electron chi connectivity index (χ4n) is 2.41. The van der Waals surface area contributed by atoms with Crippen LogP contribution in [0.3, 0.4) is 0 Å². The number of nitrogens with zero attached hydrogens (tertiary/aromatic N) is 1. The van der Waals surface area contributed by atoms with E-state index in [2.05, 4.69) is 22.7 Å². The topological polar surface area (TPSA) is 67.2 Å². The van der Waals surface area contributed by atoms with Crippen LogP contribution in [0.5, 0.6) is 0 Å². The van der Waals surface area contributed by atoms with Gasteiger partial charge >= 0.3 is 0 Å². The summed E-state index contributed by atoms with van der Waals surface area (Å²) in [4.78, 5) is 12.2. The van der Waals surface area contributed by atoms with E-state index >= 15 is 0 Å². The van der Waals surface area contributed by atoms with Crippen LogP contribution < -0.4 is 10.6 Å². The Labute approximate surface area is 107 Å². The van der Waals surface area contributed by atoms with E-state index in [4.69, 9.17) is 4.52 Å². The molecule has 1 aromatic rings. The Bertz CT molecular complexity index is 428. The highest BCUT2D eigenvalue weighted by Gasteiger charge is 2.26. The summed E-state index contributed by atoms with van der Waals surface area (Å²) in [5.74, 6) is 0.854. The van der Waals surface area contributed by atoms with Crippen LogP contribution in [0.15, 0.2) is 4.52 Å². The summed E-state index contributed by atoms with van der Waals surface area (Å²) in [6.45, 7) is 6.84. The van der Waals surface area contributed by atoms with E-state index in [1.54, 1.807) is 0 Å². The number of nitrogens with one attached hydrogen (secondary N) is 2. The first-order valence-electron chi connectivity index (χ1n) is 6.61. The third kappa shape index (κ3) is 2.72. The summed E-state index contributed by atoms with van der Waals surface area (Å²) in [7, 11) is 0. The number of hydrogen-bond acceptors (Lipinski definition) is 4. The molecule has 1 amide bonds. The number of hydrogen-bond donors (Lipinski definition) is 2. The van der Waals surface area contributed by atoms with Gasteiger partial charge in [-0.25, -0.2) is 0 Å². The van der Waals surface area contributed by atoms with Crippen LogP contribution in [-0.2, 0) is 11.2 Å². The molecule has 18 heavy (non-hydrogen) atoms.